The van der Waals surface area contributed by atoms with E-state index < -0.39 is 0 Å². The third-order valence-electron chi connectivity index (χ3n) is 3.10. The number of rotatable bonds is 5. The predicted octanol–water partition coefficient (Wildman–Crippen LogP) is 4.01. The van der Waals surface area contributed by atoms with E-state index in [4.69, 9.17) is 11.6 Å². The van der Waals surface area contributed by atoms with Crippen molar-refractivity contribution in [3.8, 4) is 0 Å². The van der Waals surface area contributed by atoms with Crippen molar-refractivity contribution < 1.29 is 4.79 Å². The fourth-order valence-corrected chi connectivity index (χ4v) is 2.28. The molecule has 1 amide bonds. The number of carbonyl (C=O) groups excluding carboxylic acids is 1. The van der Waals surface area contributed by atoms with Crippen LogP contribution in [0, 0.1) is 6.92 Å². The van der Waals surface area contributed by atoms with Crippen LogP contribution in [0.5, 0.6) is 0 Å². The summed E-state index contributed by atoms with van der Waals surface area (Å²) in [7, 11) is 0. The van der Waals surface area contributed by atoms with Gasteiger partial charge in [-0.25, -0.2) is 0 Å². The Balaban J connectivity index is 1.77. The molecule has 0 atom stereocenters. The van der Waals surface area contributed by atoms with E-state index in [0.717, 1.165) is 12.8 Å². The summed E-state index contributed by atoms with van der Waals surface area (Å²) in [6.45, 7) is 2.75. The van der Waals surface area contributed by atoms with Crippen LogP contribution in [-0.2, 0) is 6.42 Å². The largest absolute Gasteiger partial charge is 0.352 e. The minimum Gasteiger partial charge on any atom is -0.352 e. The Labute approximate surface area is 124 Å². The highest BCUT2D eigenvalue weighted by molar-refractivity contribution is 6.30. The van der Waals surface area contributed by atoms with Crippen molar-refractivity contribution in [1.29, 1.82) is 0 Å². The predicted molar refractivity (Wildman–Crippen MR) is 83.3 cm³/mol. The standard InChI is InChI=1S/C17H18ClNO/c1-13-5-2-6-14(11-13)7-4-10-19-17(20)15-8-3-9-16(18)12-15/h2-3,5-6,8-9,11-12H,4,7,10H2,1H3,(H,19,20). The molecule has 1 N–H and O–H groups in total. The van der Waals surface area contributed by atoms with Crippen molar-refractivity contribution in [3.63, 3.8) is 0 Å². The summed E-state index contributed by atoms with van der Waals surface area (Å²) in [6, 6.07) is 15.4. The van der Waals surface area contributed by atoms with Crippen LogP contribution in [0.15, 0.2) is 48.5 Å². The molecule has 0 aliphatic rings. The molecule has 2 aromatic carbocycles. The summed E-state index contributed by atoms with van der Waals surface area (Å²) < 4.78 is 0. The molecule has 0 fully saturated rings. The molecule has 3 heteroatoms. The second kappa shape index (κ2) is 7.11. The van der Waals surface area contributed by atoms with Crippen molar-refractivity contribution in [2.75, 3.05) is 6.54 Å². The van der Waals surface area contributed by atoms with E-state index >= 15 is 0 Å². The zero-order chi connectivity index (χ0) is 14.4. The quantitative estimate of drug-likeness (QED) is 0.827. The monoisotopic (exact) mass is 287 g/mol. The summed E-state index contributed by atoms with van der Waals surface area (Å²) >= 11 is 5.87. The average molecular weight is 288 g/mol. The van der Waals surface area contributed by atoms with Gasteiger partial charge in [0.05, 0.1) is 0 Å². The molecule has 20 heavy (non-hydrogen) atoms. The second-order valence-corrected chi connectivity index (χ2v) is 5.30. The maximum Gasteiger partial charge on any atom is 0.251 e. The van der Waals surface area contributed by atoms with Crippen LogP contribution < -0.4 is 5.32 Å². The molecular formula is C17H18ClNO. The lowest BCUT2D eigenvalue weighted by atomic mass is 10.1. The van der Waals surface area contributed by atoms with Crippen LogP contribution in [0.4, 0.5) is 0 Å². The molecule has 2 aromatic rings. The van der Waals surface area contributed by atoms with Crippen molar-refractivity contribution in [3.05, 3.63) is 70.2 Å². The lowest BCUT2D eigenvalue weighted by molar-refractivity contribution is 0.0953. The van der Waals surface area contributed by atoms with Crippen LogP contribution in [0.3, 0.4) is 0 Å². The highest BCUT2D eigenvalue weighted by Crippen LogP contribution is 2.10. The molecule has 104 valence electrons. The van der Waals surface area contributed by atoms with Gasteiger partial charge in [-0.15, -0.1) is 0 Å². The summed E-state index contributed by atoms with van der Waals surface area (Å²) in [6.07, 6.45) is 1.90. The van der Waals surface area contributed by atoms with E-state index in [1.807, 2.05) is 0 Å². The molecule has 0 saturated heterocycles. The average Bonchev–Trinajstić information content (AvgIpc) is 2.43. The van der Waals surface area contributed by atoms with Gasteiger partial charge in [-0.1, -0.05) is 47.5 Å². The normalized spacial score (nSPS) is 10.3. The third kappa shape index (κ3) is 4.39. The summed E-state index contributed by atoms with van der Waals surface area (Å²) in [5.74, 6) is -0.0725. The third-order valence-corrected chi connectivity index (χ3v) is 3.33. The minimum absolute atomic E-state index is 0.0725. The highest BCUT2D eigenvalue weighted by Gasteiger charge is 2.04. The van der Waals surface area contributed by atoms with Gasteiger partial charge in [-0.05, 0) is 43.5 Å². The fraction of sp³-hybridized carbons (Fsp3) is 0.235. The Morgan fingerprint density at radius 2 is 1.95 bits per heavy atom. The summed E-state index contributed by atoms with van der Waals surface area (Å²) in [5, 5.41) is 3.49. The molecule has 2 nitrogen and oxygen atoms in total. The molecule has 0 aromatic heterocycles. The lowest BCUT2D eigenvalue weighted by Gasteiger charge is -2.06. The first kappa shape index (κ1) is 14.6. The number of aryl methyl sites for hydroxylation is 2. The van der Waals surface area contributed by atoms with Crippen molar-refractivity contribution >= 4 is 17.5 Å². The molecular weight excluding hydrogens is 270 g/mol. The number of nitrogens with one attached hydrogen (secondary N) is 1. The van der Waals surface area contributed by atoms with Gasteiger partial charge in [-0.2, -0.15) is 0 Å². The molecule has 0 radical (unpaired) electrons. The molecule has 0 aliphatic carbocycles. The number of halogens is 1. The van der Waals surface area contributed by atoms with Gasteiger partial charge in [0.1, 0.15) is 0 Å². The van der Waals surface area contributed by atoms with Crippen LogP contribution >= 0.6 is 11.6 Å². The Bertz CT molecular complexity index is 595. The van der Waals surface area contributed by atoms with Gasteiger partial charge in [0.2, 0.25) is 0 Å². The van der Waals surface area contributed by atoms with Gasteiger partial charge in [-0.3, -0.25) is 4.79 Å². The number of benzene rings is 2. The second-order valence-electron chi connectivity index (χ2n) is 4.86. The smallest absolute Gasteiger partial charge is 0.251 e. The maximum atomic E-state index is 11.9. The SMILES string of the molecule is Cc1cccc(CCCNC(=O)c2cccc(Cl)c2)c1. The van der Waals surface area contributed by atoms with Crippen molar-refractivity contribution in [2.45, 2.75) is 19.8 Å². The molecule has 2 rings (SSSR count). The summed E-state index contributed by atoms with van der Waals surface area (Å²) in [5.41, 5.74) is 3.18. The minimum atomic E-state index is -0.0725. The number of carbonyl (C=O) groups is 1. The zero-order valence-electron chi connectivity index (χ0n) is 11.5. The van der Waals surface area contributed by atoms with Gasteiger partial charge in [0.25, 0.3) is 5.91 Å². The maximum absolute atomic E-state index is 11.9. The summed E-state index contributed by atoms with van der Waals surface area (Å²) in [4.78, 5) is 11.9. The first-order valence-electron chi connectivity index (χ1n) is 6.74. The van der Waals surface area contributed by atoms with Crippen LogP contribution in [0.25, 0.3) is 0 Å². The van der Waals surface area contributed by atoms with E-state index in [1.165, 1.54) is 11.1 Å². The van der Waals surface area contributed by atoms with Crippen LogP contribution in [0.1, 0.15) is 27.9 Å². The Kier molecular flexibility index (Phi) is 5.19. The Morgan fingerprint density at radius 3 is 2.70 bits per heavy atom. The number of amides is 1. The van der Waals surface area contributed by atoms with E-state index in [9.17, 15) is 4.79 Å². The van der Waals surface area contributed by atoms with Crippen LogP contribution in [-0.4, -0.2) is 12.5 Å². The molecule has 0 unspecified atom stereocenters. The first-order chi connectivity index (χ1) is 9.65. The van der Waals surface area contributed by atoms with Crippen molar-refractivity contribution in [2.24, 2.45) is 0 Å². The van der Waals surface area contributed by atoms with E-state index in [-0.39, 0.29) is 5.91 Å². The number of hydrogen-bond donors (Lipinski definition) is 1. The lowest BCUT2D eigenvalue weighted by Crippen LogP contribution is -2.24. The van der Waals surface area contributed by atoms with Crippen molar-refractivity contribution in [1.82, 2.24) is 5.32 Å². The van der Waals surface area contributed by atoms with E-state index in [1.54, 1.807) is 24.3 Å². The topological polar surface area (TPSA) is 29.1 Å². The molecule has 0 heterocycles. The van der Waals surface area contributed by atoms with Gasteiger partial charge >= 0.3 is 0 Å². The van der Waals surface area contributed by atoms with Crippen LogP contribution in [0.2, 0.25) is 5.02 Å². The van der Waals surface area contributed by atoms with Gasteiger partial charge in [0.15, 0.2) is 0 Å². The Hall–Kier alpha value is -1.80. The zero-order valence-corrected chi connectivity index (χ0v) is 12.3. The first-order valence-corrected chi connectivity index (χ1v) is 7.12. The molecule has 0 spiro atoms. The van der Waals surface area contributed by atoms with E-state index in [0.29, 0.717) is 17.1 Å². The van der Waals surface area contributed by atoms with E-state index in [2.05, 4.69) is 36.5 Å². The Morgan fingerprint density at radius 1 is 1.15 bits per heavy atom. The van der Waals surface area contributed by atoms with Gasteiger partial charge in [0, 0.05) is 17.1 Å². The number of hydrogen-bond acceptors (Lipinski definition) is 1. The molecule has 0 bridgehead atoms. The highest BCUT2D eigenvalue weighted by atomic mass is 35.5. The van der Waals surface area contributed by atoms with Gasteiger partial charge < -0.3 is 5.32 Å². The molecule has 0 saturated carbocycles. The molecule has 0 aliphatic heterocycles. The fourth-order valence-electron chi connectivity index (χ4n) is 2.09.